The highest BCUT2D eigenvalue weighted by Crippen LogP contribution is 2.24. The van der Waals surface area contributed by atoms with Crippen LogP contribution in [0.2, 0.25) is 0 Å². The lowest BCUT2D eigenvalue weighted by Crippen LogP contribution is -2.13. The summed E-state index contributed by atoms with van der Waals surface area (Å²) in [5.74, 6) is -0.0727. The van der Waals surface area contributed by atoms with Gasteiger partial charge in [0.1, 0.15) is 17.0 Å². The van der Waals surface area contributed by atoms with Crippen molar-refractivity contribution in [3.63, 3.8) is 0 Å². The van der Waals surface area contributed by atoms with E-state index in [1.807, 2.05) is 0 Å². The first-order valence-corrected chi connectivity index (χ1v) is 5.57. The predicted octanol–water partition coefficient (Wildman–Crippen LogP) is 0.763. The summed E-state index contributed by atoms with van der Waals surface area (Å²) in [5.41, 5.74) is 7.36. The molecule has 76 valence electrons. The lowest BCUT2D eigenvalue weighted by atomic mass is 10.4. The second kappa shape index (κ2) is 4.32. The summed E-state index contributed by atoms with van der Waals surface area (Å²) in [6, 6.07) is 1.59. The van der Waals surface area contributed by atoms with Gasteiger partial charge in [-0.3, -0.25) is 5.41 Å². The molecule has 0 radical (unpaired) electrons. The molecule has 0 aromatic carbocycles. The van der Waals surface area contributed by atoms with E-state index in [1.165, 1.54) is 23.1 Å². The Bertz CT molecular complexity index is 468. The molecule has 8 heteroatoms. The summed E-state index contributed by atoms with van der Waals surface area (Å²) in [5, 5.41) is 15.3. The molecule has 2 heterocycles. The number of aromatic nitrogens is 4. The fourth-order valence-electron chi connectivity index (χ4n) is 0.825. The molecule has 0 bridgehead atoms. The van der Waals surface area contributed by atoms with Gasteiger partial charge in [0.25, 0.3) is 0 Å². The van der Waals surface area contributed by atoms with Crippen LogP contribution in [0.3, 0.4) is 0 Å². The summed E-state index contributed by atoms with van der Waals surface area (Å²) in [6.07, 6.45) is 1.56. The Morgan fingerprint density at radius 2 is 2.40 bits per heavy atom. The van der Waals surface area contributed by atoms with Crippen molar-refractivity contribution in [2.45, 2.75) is 9.50 Å². The molecule has 0 spiro atoms. The van der Waals surface area contributed by atoms with Crippen molar-refractivity contribution >= 4 is 28.9 Å². The smallest absolute Gasteiger partial charge is 0.195 e. The first-order chi connectivity index (χ1) is 7.25. The number of nitrogen functional groups attached to an aromatic ring is 1. The second-order valence-electron chi connectivity index (χ2n) is 2.44. The molecule has 15 heavy (non-hydrogen) atoms. The zero-order valence-corrected chi connectivity index (χ0v) is 9.05. The van der Waals surface area contributed by atoms with E-state index in [-0.39, 0.29) is 5.84 Å². The number of amidine groups is 1. The number of nitrogens with zero attached hydrogens (tertiary/aromatic N) is 4. The van der Waals surface area contributed by atoms with Gasteiger partial charge in [0.2, 0.25) is 0 Å². The number of hydrogen-bond acceptors (Lipinski definition) is 7. The Morgan fingerprint density at radius 1 is 1.53 bits per heavy atom. The van der Waals surface area contributed by atoms with E-state index in [9.17, 15) is 0 Å². The molecule has 0 saturated heterocycles. The van der Waals surface area contributed by atoms with E-state index in [2.05, 4.69) is 20.2 Å². The lowest BCUT2D eigenvalue weighted by Gasteiger charge is -1.98. The minimum Gasteiger partial charge on any atom is -0.382 e. The van der Waals surface area contributed by atoms with Crippen LogP contribution in [-0.2, 0) is 0 Å². The Kier molecular flexibility index (Phi) is 2.88. The highest BCUT2D eigenvalue weighted by Gasteiger charge is 2.05. The number of nitrogens with one attached hydrogen (secondary N) is 1. The molecule has 0 fully saturated rings. The molecule has 2 aromatic rings. The fourth-order valence-corrected chi connectivity index (χ4v) is 2.15. The molecule has 0 aliphatic heterocycles. The predicted molar refractivity (Wildman–Crippen MR) is 57.1 cm³/mol. The van der Waals surface area contributed by atoms with E-state index in [0.717, 1.165) is 4.34 Å². The second-order valence-corrected chi connectivity index (χ2v) is 4.49. The summed E-state index contributed by atoms with van der Waals surface area (Å²) < 4.78 is 0.760. The minimum absolute atomic E-state index is 0.0727. The van der Waals surface area contributed by atoms with E-state index >= 15 is 0 Å². The summed E-state index contributed by atoms with van der Waals surface area (Å²) >= 11 is 2.70. The standard InChI is InChI=1S/C7H6N6S2/c8-5(9)4-1-2-10-6(12-4)15-7-13-11-3-14-7/h1-3H,(H3,8,9). The van der Waals surface area contributed by atoms with Crippen molar-refractivity contribution in [2.75, 3.05) is 0 Å². The van der Waals surface area contributed by atoms with Gasteiger partial charge in [-0.05, 0) is 17.8 Å². The molecule has 2 aromatic heterocycles. The molecule has 6 nitrogen and oxygen atoms in total. The van der Waals surface area contributed by atoms with Crippen LogP contribution in [-0.4, -0.2) is 26.0 Å². The van der Waals surface area contributed by atoms with Crippen molar-refractivity contribution in [3.8, 4) is 0 Å². The van der Waals surface area contributed by atoms with Gasteiger partial charge in [-0.1, -0.05) is 11.3 Å². The number of nitrogens with two attached hydrogens (primary N) is 1. The summed E-state index contributed by atoms with van der Waals surface area (Å²) in [4.78, 5) is 8.12. The molecule has 0 saturated carbocycles. The van der Waals surface area contributed by atoms with Gasteiger partial charge in [-0.25, -0.2) is 9.97 Å². The Morgan fingerprint density at radius 3 is 3.07 bits per heavy atom. The zero-order valence-electron chi connectivity index (χ0n) is 7.41. The van der Waals surface area contributed by atoms with Crippen molar-refractivity contribution < 1.29 is 0 Å². The fraction of sp³-hybridized carbons (Fsp3) is 0. The average Bonchev–Trinajstić information content (AvgIpc) is 2.71. The monoisotopic (exact) mass is 238 g/mol. The van der Waals surface area contributed by atoms with Crippen molar-refractivity contribution in [1.82, 2.24) is 20.2 Å². The average molecular weight is 238 g/mol. The van der Waals surface area contributed by atoms with Crippen LogP contribution < -0.4 is 5.73 Å². The van der Waals surface area contributed by atoms with Crippen LogP contribution in [0.15, 0.2) is 27.3 Å². The summed E-state index contributed by atoms with van der Waals surface area (Å²) in [7, 11) is 0. The van der Waals surface area contributed by atoms with Gasteiger partial charge in [0, 0.05) is 6.20 Å². The van der Waals surface area contributed by atoms with Gasteiger partial charge < -0.3 is 5.73 Å². The topological polar surface area (TPSA) is 101 Å². The third kappa shape index (κ3) is 2.48. The van der Waals surface area contributed by atoms with Crippen LogP contribution >= 0.6 is 23.1 Å². The quantitative estimate of drug-likeness (QED) is 0.465. The van der Waals surface area contributed by atoms with Crippen molar-refractivity contribution in [1.29, 1.82) is 5.41 Å². The SMILES string of the molecule is N=C(N)c1ccnc(Sc2nncs2)n1. The molecule has 0 unspecified atom stereocenters. The third-order valence-electron chi connectivity index (χ3n) is 1.43. The molecule has 0 atom stereocenters. The molecule has 0 aliphatic carbocycles. The van der Waals surface area contributed by atoms with Crippen LogP contribution in [0.5, 0.6) is 0 Å². The Balaban J connectivity index is 2.22. The van der Waals surface area contributed by atoms with Crippen molar-refractivity contribution in [2.24, 2.45) is 5.73 Å². The molecule has 2 rings (SSSR count). The van der Waals surface area contributed by atoms with Crippen molar-refractivity contribution in [3.05, 3.63) is 23.5 Å². The van der Waals surface area contributed by atoms with E-state index in [1.54, 1.807) is 17.8 Å². The maximum absolute atomic E-state index is 7.23. The van der Waals surface area contributed by atoms with Gasteiger partial charge in [0.15, 0.2) is 9.50 Å². The molecular weight excluding hydrogens is 232 g/mol. The Labute approximate surface area is 93.5 Å². The highest BCUT2D eigenvalue weighted by molar-refractivity contribution is 8.00. The van der Waals surface area contributed by atoms with Crippen LogP contribution in [0, 0.1) is 5.41 Å². The number of rotatable bonds is 3. The van der Waals surface area contributed by atoms with E-state index in [0.29, 0.717) is 10.9 Å². The maximum Gasteiger partial charge on any atom is 0.195 e. The minimum atomic E-state index is -0.0727. The van der Waals surface area contributed by atoms with E-state index < -0.39 is 0 Å². The van der Waals surface area contributed by atoms with Crippen LogP contribution in [0.4, 0.5) is 0 Å². The van der Waals surface area contributed by atoms with Gasteiger partial charge in [-0.2, -0.15) is 0 Å². The molecule has 3 N–H and O–H groups in total. The third-order valence-corrected chi connectivity index (χ3v) is 3.09. The van der Waals surface area contributed by atoms with Crippen LogP contribution in [0.1, 0.15) is 5.69 Å². The molecule has 0 amide bonds. The Hall–Kier alpha value is -1.54. The highest BCUT2D eigenvalue weighted by atomic mass is 32.2. The van der Waals surface area contributed by atoms with Crippen LogP contribution in [0.25, 0.3) is 0 Å². The first-order valence-electron chi connectivity index (χ1n) is 3.87. The number of hydrogen-bond donors (Lipinski definition) is 2. The normalized spacial score (nSPS) is 10.1. The van der Waals surface area contributed by atoms with Gasteiger partial charge in [-0.15, -0.1) is 10.2 Å². The lowest BCUT2D eigenvalue weighted by molar-refractivity contribution is 0.944. The summed E-state index contributed by atoms with van der Waals surface area (Å²) in [6.45, 7) is 0. The maximum atomic E-state index is 7.23. The largest absolute Gasteiger partial charge is 0.382 e. The van der Waals surface area contributed by atoms with Gasteiger partial charge in [0.05, 0.1) is 0 Å². The van der Waals surface area contributed by atoms with Gasteiger partial charge >= 0.3 is 0 Å². The zero-order chi connectivity index (χ0) is 10.7. The van der Waals surface area contributed by atoms with E-state index in [4.69, 9.17) is 11.1 Å². The first kappa shape index (κ1) is 9.99. The molecule has 0 aliphatic rings. The molecular formula is C7H6N6S2.